The number of anilines is 3. The normalized spacial score (nSPS) is 19.7. The number of piperidine rings is 2. The summed E-state index contributed by atoms with van der Waals surface area (Å²) in [4.78, 5) is 69.9. The topological polar surface area (TPSA) is 228 Å². The molecule has 0 aliphatic carbocycles. The summed E-state index contributed by atoms with van der Waals surface area (Å²) in [6, 6.07) is 12.2. The molecular weight excluding hydrogens is 910 g/mol. The van der Waals surface area contributed by atoms with E-state index >= 15 is 8.78 Å². The number of carbonyl (C=O) groups excluding carboxylic acids is 3. The number of piperazine rings is 1. The van der Waals surface area contributed by atoms with E-state index in [0.717, 1.165) is 16.4 Å². The van der Waals surface area contributed by atoms with Crippen LogP contribution >= 0.6 is 0 Å². The minimum Gasteiger partial charge on any atom is -0.453 e. The van der Waals surface area contributed by atoms with Crippen molar-refractivity contribution in [3.63, 3.8) is 0 Å². The highest BCUT2D eigenvalue weighted by molar-refractivity contribution is 7.90. The van der Waals surface area contributed by atoms with E-state index in [1.807, 2.05) is 4.90 Å². The second-order valence-electron chi connectivity index (χ2n) is 17.0. The number of aromatic nitrogens is 4. The van der Waals surface area contributed by atoms with Crippen LogP contribution < -0.4 is 30.6 Å². The molecule has 0 saturated carbocycles. The Hall–Kier alpha value is -7.16. The number of nitrogens with zero attached hydrogens (tertiary/aromatic N) is 9. The molecule has 4 aliphatic heterocycles. The summed E-state index contributed by atoms with van der Waals surface area (Å²) in [5.74, 6) is -2.32. The van der Waals surface area contributed by atoms with Crippen LogP contribution in [0.4, 0.5) is 30.5 Å². The summed E-state index contributed by atoms with van der Waals surface area (Å²) in [6.07, 6.45) is 4.87. The molecule has 2 atom stereocenters. The van der Waals surface area contributed by atoms with Crippen LogP contribution in [0, 0.1) is 23.0 Å². The van der Waals surface area contributed by atoms with Gasteiger partial charge in [-0.25, -0.2) is 28.1 Å². The van der Waals surface area contributed by atoms with Crippen LogP contribution in [-0.2, 0) is 24.6 Å². The van der Waals surface area contributed by atoms with E-state index in [9.17, 15) is 37.2 Å². The van der Waals surface area contributed by atoms with Gasteiger partial charge in [-0.05, 0) is 92.7 Å². The molecule has 354 valence electrons. The smallest absolute Gasteiger partial charge is 0.301 e. The number of benzene rings is 3. The molecule has 68 heavy (non-hydrogen) atoms. The summed E-state index contributed by atoms with van der Waals surface area (Å²) < 4.78 is 80.1. The van der Waals surface area contributed by atoms with Gasteiger partial charge in [0, 0.05) is 51.4 Å². The molecule has 23 heteroatoms. The molecule has 0 bridgehead atoms. The number of hydrogen-bond acceptors (Lipinski definition) is 14. The van der Waals surface area contributed by atoms with E-state index in [0.29, 0.717) is 81.4 Å². The van der Waals surface area contributed by atoms with Crippen molar-refractivity contribution in [2.75, 3.05) is 73.8 Å². The Morgan fingerprint density at radius 1 is 0.897 bits per heavy atom. The molecule has 9 rings (SSSR count). The summed E-state index contributed by atoms with van der Waals surface area (Å²) in [5, 5.41) is 15.3. The van der Waals surface area contributed by atoms with Crippen LogP contribution in [0.1, 0.15) is 49.1 Å². The number of rotatable bonds is 12. The summed E-state index contributed by atoms with van der Waals surface area (Å²) >= 11 is 0. The third-order valence-electron chi connectivity index (χ3n) is 12.6. The van der Waals surface area contributed by atoms with Crippen LogP contribution in [0.2, 0.25) is 0 Å². The predicted molar refractivity (Wildman–Crippen MR) is 241 cm³/mol. The lowest BCUT2D eigenvalue weighted by Crippen LogP contribution is -2.52. The molecule has 0 radical (unpaired) electrons. The number of hydrogen-bond donors (Lipinski definition) is 3. The van der Waals surface area contributed by atoms with Crippen molar-refractivity contribution in [2.24, 2.45) is 0 Å². The van der Waals surface area contributed by atoms with Crippen molar-refractivity contribution in [3.05, 3.63) is 100 Å². The molecule has 3 aromatic carbocycles. The molecule has 1 unspecified atom stereocenters. The van der Waals surface area contributed by atoms with Gasteiger partial charge in [-0.1, -0.05) is 6.07 Å². The van der Waals surface area contributed by atoms with Crippen LogP contribution in [0.15, 0.2) is 72.0 Å². The quantitative estimate of drug-likeness (QED) is 0.152. The molecule has 3 amide bonds. The van der Waals surface area contributed by atoms with E-state index < -0.39 is 51.0 Å². The van der Waals surface area contributed by atoms with Crippen LogP contribution in [-0.4, -0.2) is 131 Å². The lowest BCUT2D eigenvalue weighted by Gasteiger charge is -2.37. The van der Waals surface area contributed by atoms with Crippen molar-refractivity contribution in [1.82, 2.24) is 38.9 Å². The lowest BCUT2D eigenvalue weighted by molar-refractivity contribution is -0.134. The second-order valence-corrected chi connectivity index (χ2v) is 18.7. The zero-order chi connectivity index (χ0) is 47.7. The van der Waals surface area contributed by atoms with Gasteiger partial charge in [0.15, 0.2) is 11.6 Å². The Labute approximate surface area is 387 Å². The van der Waals surface area contributed by atoms with Crippen molar-refractivity contribution >= 4 is 56.2 Å². The number of halogens is 3. The fourth-order valence-electron chi connectivity index (χ4n) is 8.86. The van der Waals surface area contributed by atoms with Crippen molar-refractivity contribution < 1.29 is 40.7 Å². The third-order valence-corrected chi connectivity index (χ3v) is 14.1. The maximum Gasteiger partial charge on any atom is 0.301 e. The minimum atomic E-state index is -4.27. The molecule has 5 aromatic rings. The molecule has 19 nitrogen and oxygen atoms in total. The number of likely N-dealkylation sites (tertiary alicyclic amines) is 1. The highest BCUT2D eigenvalue weighted by Gasteiger charge is 2.33. The first kappa shape index (κ1) is 46.0. The average Bonchev–Trinajstić information content (AvgIpc) is 3.79. The second kappa shape index (κ2) is 19.2. The largest absolute Gasteiger partial charge is 0.453 e. The van der Waals surface area contributed by atoms with Crippen molar-refractivity contribution in [2.45, 2.75) is 50.2 Å². The maximum atomic E-state index is 15.3. The molecule has 4 saturated heterocycles. The number of imide groups is 1. The third kappa shape index (κ3) is 9.78. The number of carbonyl (C=O) groups is 3. The van der Waals surface area contributed by atoms with E-state index in [1.54, 1.807) is 23.1 Å². The average molecular weight is 955 g/mol. The van der Waals surface area contributed by atoms with Gasteiger partial charge in [-0.3, -0.25) is 38.7 Å². The van der Waals surface area contributed by atoms with Gasteiger partial charge in [0.25, 0.3) is 5.56 Å². The van der Waals surface area contributed by atoms with Gasteiger partial charge in [-0.15, -0.1) is 0 Å². The predicted octanol–water partition coefficient (Wildman–Crippen LogP) is 3.56. The van der Waals surface area contributed by atoms with Gasteiger partial charge in [0.2, 0.25) is 23.7 Å². The lowest BCUT2D eigenvalue weighted by atomic mass is 9.89. The SMILES string of the molecule is N#Cc1c(NS(=O)(=O)N2CCC(F)C2)ccc(F)c1Oc1ccc2ncn(-c3cnc(N4CCN(C(=O)CN5CCC(c6ccc(N[C@@H]7CCC(=O)NC7=O)cc6F)CC5)CC4)nc3)c(=O)c2c1. The first-order chi connectivity index (χ1) is 32.7. The molecule has 4 fully saturated rings. The number of alkyl halides is 1. The monoisotopic (exact) mass is 954 g/mol. The number of nitriles is 1. The highest BCUT2D eigenvalue weighted by atomic mass is 32.2. The van der Waals surface area contributed by atoms with E-state index in [-0.39, 0.29) is 78.4 Å². The Morgan fingerprint density at radius 2 is 1.66 bits per heavy atom. The minimum absolute atomic E-state index is 0.00541. The van der Waals surface area contributed by atoms with Crippen molar-refractivity contribution in [1.29, 1.82) is 5.26 Å². The number of amides is 3. The number of nitrogens with one attached hydrogen (secondary N) is 3. The van der Waals surface area contributed by atoms with E-state index in [2.05, 4.69) is 35.2 Å². The Balaban J connectivity index is 0.781. The van der Waals surface area contributed by atoms with Gasteiger partial charge in [0.1, 0.15) is 41.7 Å². The van der Waals surface area contributed by atoms with E-state index in [4.69, 9.17) is 4.74 Å². The standard InChI is InChI=1S/C45H45F3N12O7S/c46-28-11-14-59(24-28)68(65,66)55-38-6-4-35(47)42(34(38)21-49)67-31-2-5-37-33(20-31)44(64)60(26-52-37)30-22-50-45(51-23-30)58-17-15-57(16-18-58)41(62)25-56-12-9-27(10-13-56)32-3-1-29(19-36(32)48)53-39-7-8-40(61)54-43(39)63/h1-6,19-20,22-23,26-28,39,53,55H,7-18,24-25H2,(H,54,61,63)/t28?,39-/m1/s1. The van der Waals surface area contributed by atoms with Gasteiger partial charge >= 0.3 is 10.2 Å². The molecule has 6 heterocycles. The molecule has 4 aliphatic rings. The fraction of sp³-hybridized carbons (Fsp3) is 0.378. The number of ether oxygens (including phenoxy) is 1. The van der Waals surface area contributed by atoms with Crippen LogP contribution in [0.3, 0.4) is 0 Å². The zero-order valence-corrected chi connectivity index (χ0v) is 37.2. The van der Waals surface area contributed by atoms with Gasteiger partial charge in [0.05, 0.1) is 41.2 Å². The first-order valence-corrected chi connectivity index (χ1v) is 23.5. The summed E-state index contributed by atoms with van der Waals surface area (Å²) in [5.41, 5.74) is 0.382. The maximum absolute atomic E-state index is 15.3. The summed E-state index contributed by atoms with van der Waals surface area (Å²) in [7, 11) is -4.27. The molecule has 3 N–H and O–H groups in total. The van der Waals surface area contributed by atoms with Crippen molar-refractivity contribution in [3.8, 4) is 23.3 Å². The van der Waals surface area contributed by atoms with Gasteiger partial charge in [-0.2, -0.15) is 18.0 Å². The fourth-order valence-corrected chi connectivity index (χ4v) is 10.1. The molecule has 0 spiro atoms. The highest BCUT2D eigenvalue weighted by Crippen LogP contribution is 2.35. The Morgan fingerprint density at radius 3 is 2.35 bits per heavy atom. The number of fused-ring (bicyclic) bond motifs is 1. The zero-order valence-electron chi connectivity index (χ0n) is 36.4. The Kier molecular flexibility index (Phi) is 13.0. The first-order valence-electron chi connectivity index (χ1n) is 22.0. The molecule has 2 aromatic heterocycles. The molecular formula is C45H45F3N12O7S. The summed E-state index contributed by atoms with van der Waals surface area (Å²) in [6.45, 7) is 2.94. The van der Waals surface area contributed by atoms with Crippen LogP contribution in [0.5, 0.6) is 11.5 Å². The van der Waals surface area contributed by atoms with Crippen LogP contribution in [0.25, 0.3) is 16.6 Å². The van der Waals surface area contributed by atoms with E-state index in [1.165, 1.54) is 47.6 Å². The Bertz CT molecular complexity index is 2990. The van der Waals surface area contributed by atoms with Gasteiger partial charge < -0.3 is 19.9 Å².